The van der Waals surface area contributed by atoms with E-state index in [0.29, 0.717) is 25.4 Å². The molecular formula is C32H38N2O5. The molecule has 2 fully saturated rings. The predicted octanol–water partition coefficient (Wildman–Crippen LogP) is 5.87. The van der Waals surface area contributed by atoms with Crippen LogP contribution in [0.2, 0.25) is 0 Å². The maximum atomic E-state index is 14.0. The molecule has 1 aliphatic carbocycles. The summed E-state index contributed by atoms with van der Waals surface area (Å²) < 4.78 is 13.7. The Morgan fingerprint density at radius 1 is 1.08 bits per heavy atom. The lowest BCUT2D eigenvalue weighted by Gasteiger charge is -2.26. The highest BCUT2D eigenvalue weighted by molar-refractivity contribution is 5.99. The van der Waals surface area contributed by atoms with E-state index in [9.17, 15) is 14.7 Å². The molecule has 1 saturated heterocycles. The Morgan fingerprint density at radius 3 is 2.62 bits per heavy atom. The topological polar surface area (TPSA) is 81.0 Å². The van der Waals surface area contributed by atoms with Gasteiger partial charge in [0.15, 0.2) is 0 Å². The Labute approximate surface area is 229 Å². The Balaban J connectivity index is 1.52. The van der Waals surface area contributed by atoms with E-state index < -0.39 is 5.97 Å². The monoisotopic (exact) mass is 530 g/mol. The van der Waals surface area contributed by atoms with E-state index in [0.717, 1.165) is 65.8 Å². The molecular weight excluding hydrogens is 492 g/mol. The van der Waals surface area contributed by atoms with Crippen LogP contribution in [0.15, 0.2) is 36.4 Å². The molecule has 1 aromatic heterocycles. The number of hydrogen-bond donors (Lipinski definition) is 1. The fourth-order valence-corrected chi connectivity index (χ4v) is 7.10. The molecule has 206 valence electrons. The fraction of sp³-hybridized carbons (Fsp3) is 0.500. The van der Waals surface area contributed by atoms with Gasteiger partial charge in [0.2, 0.25) is 5.91 Å². The maximum absolute atomic E-state index is 14.0. The van der Waals surface area contributed by atoms with Gasteiger partial charge in [-0.05, 0) is 79.5 Å². The SMILES string of the molecule is COc1ccc2c(c1)CC(C(=O)N(C)CC1CCCO1)Cn1c-2c(C2CCCCC2)c2ccc(C(=O)O)cc21. The molecule has 1 saturated carbocycles. The summed E-state index contributed by atoms with van der Waals surface area (Å²) in [7, 11) is 3.56. The summed E-state index contributed by atoms with van der Waals surface area (Å²) in [6.45, 7) is 1.86. The van der Waals surface area contributed by atoms with Crippen molar-refractivity contribution < 1.29 is 24.2 Å². The van der Waals surface area contributed by atoms with E-state index in [1.165, 1.54) is 24.8 Å². The minimum Gasteiger partial charge on any atom is -0.497 e. The zero-order valence-electron chi connectivity index (χ0n) is 22.9. The van der Waals surface area contributed by atoms with Crippen LogP contribution < -0.4 is 4.74 Å². The number of benzene rings is 2. The summed E-state index contributed by atoms with van der Waals surface area (Å²) in [6.07, 6.45) is 8.65. The van der Waals surface area contributed by atoms with E-state index >= 15 is 0 Å². The number of hydrogen-bond acceptors (Lipinski definition) is 4. The molecule has 6 rings (SSSR count). The van der Waals surface area contributed by atoms with Crippen molar-refractivity contribution in [1.29, 1.82) is 0 Å². The number of aromatic nitrogens is 1. The third kappa shape index (κ3) is 4.82. The van der Waals surface area contributed by atoms with Crippen LogP contribution in [0.3, 0.4) is 0 Å². The van der Waals surface area contributed by atoms with Gasteiger partial charge in [0, 0.05) is 43.2 Å². The van der Waals surface area contributed by atoms with E-state index in [4.69, 9.17) is 9.47 Å². The normalized spacial score (nSPS) is 21.3. The highest BCUT2D eigenvalue weighted by Crippen LogP contribution is 2.47. The van der Waals surface area contributed by atoms with Crippen molar-refractivity contribution in [2.75, 3.05) is 27.3 Å². The first-order chi connectivity index (χ1) is 18.9. The minimum absolute atomic E-state index is 0.0936. The number of likely N-dealkylation sites (N-methyl/N-ethyl adjacent to an activating group) is 1. The summed E-state index contributed by atoms with van der Waals surface area (Å²) in [4.78, 5) is 27.8. The van der Waals surface area contributed by atoms with Crippen LogP contribution >= 0.6 is 0 Å². The molecule has 1 N–H and O–H groups in total. The number of amides is 1. The Kier molecular flexibility index (Phi) is 7.10. The van der Waals surface area contributed by atoms with Crippen molar-refractivity contribution >= 4 is 22.8 Å². The number of fused-ring (bicyclic) bond motifs is 5. The van der Waals surface area contributed by atoms with Gasteiger partial charge in [-0.2, -0.15) is 0 Å². The molecule has 2 atom stereocenters. The average Bonchev–Trinajstić information content (AvgIpc) is 3.54. The van der Waals surface area contributed by atoms with E-state index in [2.05, 4.69) is 16.7 Å². The second kappa shape index (κ2) is 10.7. The van der Waals surface area contributed by atoms with Crippen LogP contribution in [-0.2, 0) is 22.5 Å². The fourth-order valence-electron chi connectivity index (χ4n) is 7.10. The van der Waals surface area contributed by atoms with Gasteiger partial charge in [0.05, 0.1) is 30.4 Å². The van der Waals surface area contributed by atoms with Gasteiger partial charge in [-0.3, -0.25) is 4.79 Å². The third-order valence-electron chi connectivity index (χ3n) is 9.03. The van der Waals surface area contributed by atoms with Crippen molar-refractivity contribution in [2.45, 2.75) is 69.9 Å². The smallest absolute Gasteiger partial charge is 0.335 e. The number of carbonyl (C=O) groups is 2. The van der Waals surface area contributed by atoms with Crippen LogP contribution in [-0.4, -0.2) is 59.9 Å². The van der Waals surface area contributed by atoms with Gasteiger partial charge >= 0.3 is 5.97 Å². The molecule has 0 radical (unpaired) electrons. The number of carbonyl (C=O) groups excluding carboxylic acids is 1. The highest BCUT2D eigenvalue weighted by atomic mass is 16.5. The number of rotatable bonds is 6. The first-order valence-electron chi connectivity index (χ1n) is 14.4. The van der Waals surface area contributed by atoms with Crippen molar-refractivity contribution in [2.24, 2.45) is 5.92 Å². The van der Waals surface area contributed by atoms with Gasteiger partial charge in [-0.15, -0.1) is 0 Å². The molecule has 0 spiro atoms. The molecule has 3 heterocycles. The Morgan fingerprint density at radius 2 is 1.90 bits per heavy atom. The van der Waals surface area contributed by atoms with Gasteiger partial charge in [-0.25, -0.2) is 4.79 Å². The molecule has 7 heteroatoms. The van der Waals surface area contributed by atoms with Crippen molar-refractivity contribution in [3.63, 3.8) is 0 Å². The largest absolute Gasteiger partial charge is 0.497 e. The molecule has 7 nitrogen and oxygen atoms in total. The number of carboxylic acids is 1. The molecule has 3 aromatic rings. The lowest BCUT2D eigenvalue weighted by atomic mass is 9.81. The Bertz CT molecular complexity index is 1400. The maximum Gasteiger partial charge on any atom is 0.335 e. The van der Waals surface area contributed by atoms with Crippen LogP contribution in [0.5, 0.6) is 5.75 Å². The van der Waals surface area contributed by atoms with Crippen LogP contribution in [0, 0.1) is 5.92 Å². The van der Waals surface area contributed by atoms with Crippen LogP contribution in [0.1, 0.15) is 72.3 Å². The molecule has 1 amide bonds. The van der Waals surface area contributed by atoms with Crippen LogP contribution in [0.25, 0.3) is 22.2 Å². The molecule has 3 aliphatic rings. The van der Waals surface area contributed by atoms with Gasteiger partial charge in [-0.1, -0.05) is 25.3 Å². The molecule has 2 aromatic carbocycles. The second-order valence-corrected chi connectivity index (χ2v) is 11.5. The zero-order valence-corrected chi connectivity index (χ0v) is 22.9. The van der Waals surface area contributed by atoms with Gasteiger partial charge < -0.3 is 24.0 Å². The highest BCUT2D eigenvalue weighted by Gasteiger charge is 2.35. The number of carboxylic acid groups (broad SMARTS) is 1. The lowest BCUT2D eigenvalue weighted by Crippen LogP contribution is -2.40. The van der Waals surface area contributed by atoms with E-state index in [1.807, 2.05) is 24.1 Å². The summed E-state index contributed by atoms with van der Waals surface area (Å²) >= 11 is 0. The molecule has 2 unspecified atom stereocenters. The van der Waals surface area contributed by atoms with E-state index in [1.54, 1.807) is 19.2 Å². The number of ether oxygens (including phenoxy) is 2. The number of aromatic carboxylic acids is 1. The van der Waals surface area contributed by atoms with Crippen LogP contribution in [0.4, 0.5) is 0 Å². The quantitative estimate of drug-likeness (QED) is 0.431. The summed E-state index contributed by atoms with van der Waals surface area (Å²) in [5.41, 5.74) is 5.88. The zero-order chi connectivity index (χ0) is 27.1. The molecule has 39 heavy (non-hydrogen) atoms. The summed E-state index contributed by atoms with van der Waals surface area (Å²) in [6, 6.07) is 11.7. The number of methoxy groups -OCH3 is 1. The first-order valence-corrected chi connectivity index (χ1v) is 14.4. The first kappa shape index (κ1) is 25.9. The lowest BCUT2D eigenvalue weighted by molar-refractivity contribution is -0.136. The van der Waals surface area contributed by atoms with E-state index in [-0.39, 0.29) is 23.5 Å². The standard InChI is InChI=1S/C32H38N2O5/c1-33(19-25-9-6-14-39-25)31(35)23-15-22-16-24(38-2)11-13-26(22)30-29(20-7-4-3-5-8-20)27-12-10-21(32(36)37)17-28(27)34(30)18-23/h10-13,16-17,20,23,25H,3-9,14-15,18-19H2,1-2H3,(H,36,37). The van der Waals surface area contributed by atoms with Gasteiger partial charge in [0.25, 0.3) is 0 Å². The molecule has 2 aliphatic heterocycles. The summed E-state index contributed by atoms with van der Waals surface area (Å²) in [5.74, 6) is 0.0749. The van der Waals surface area contributed by atoms with Crippen molar-refractivity contribution in [3.8, 4) is 17.0 Å². The average molecular weight is 531 g/mol. The van der Waals surface area contributed by atoms with Crippen molar-refractivity contribution in [3.05, 3.63) is 53.1 Å². The predicted molar refractivity (Wildman–Crippen MR) is 151 cm³/mol. The Hall–Kier alpha value is -3.32. The summed E-state index contributed by atoms with van der Waals surface area (Å²) in [5, 5.41) is 10.9. The minimum atomic E-state index is -0.936. The number of nitrogens with zero attached hydrogens (tertiary/aromatic N) is 2. The van der Waals surface area contributed by atoms with Gasteiger partial charge in [0.1, 0.15) is 5.75 Å². The third-order valence-corrected chi connectivity index (χ3v) is 9.03. The second-order valence-electron chi connectivity index (χ2n) is 11.5. The van der Waals surface area contributed by atoms with Crippen molar-refractivity contribution in [1.82, 2.24) is 9.47 Å². The molecule has 0 bridgehead atoms.